The number of esters is 4. The molecule has 1 aromatic carbocycles. The van der Waals surface area contributed by atoms with Crippen LogP contribution in [0.1, 0.15) is 33.3 Å². The third kappa shape index (κ3) is 5.53. The van der Waals surface area contributed by atoms with E-state index in [-0.39, 0.29) is 28.6 Å². The molecule has 0 aromatic heterocycles. The van der Waals surface area contributed by atoms with Crippen molar-refractivity contribution >= 4 is 35.7 Å². The van der Waals surface area contributed by atoms with E-state index in [9.17, 15) is 24.0 Å². The van der Waals surface area contributed by atoms with Gasteiger partial charge in [0.1, 0.15) is 0 Å². The van der Waals surface area contributed by atoms with Gasteiger partial charge in [-0.2, -0.15) is 0 Å². The second-order valence-electron chi connectivity index (χ2n) is 7.07. The molecule has 0 radical (unpaired) electrons. The molecular weight excluding hydrogens is 436 g/mol. The number of ketones is 1. The van der Waals surface area contributed by atoms with Gasteiger partial charge in [0.25, 0.3) is 0 Å². The lowest BCUT2D eigenvalue weighted by Crippen LogP contribution is -2.36. The van der Waals surface area contributed by atoms with Gasteiger partial charge in [-0.05, 0) is 35.9 Å². The van der Waals surface area contributed by atoms with E-state index in [4.69, 9.17) is 23.7 Å². The van der Waals surface area contributed by atoms with E-state index < -0.39 is 41.9 Å². The lowest BCUT2D eigenvalue weighted by molar-refractivity contribution is -0.161. The van der Waals surface area contributed by atoms with Crippen molar-refractivity contribution in [3.63, 3.8) is 0 Å². The van der Waals surface area contributed by atoms with Crippen LogP contribution >= 0.6 is 0 Å². The Bertz CT molecular complexity index is 1140. The van der Waals surface area contributed by atoms with Crippen LogP contribution in [0.4, 0.5) is 0 Å². The maximum atomic E-state index is 12.9. The van der Waals surface area contributed by atoms with Gasteiger partial charge in [0.05, 0.1) is 5.57 Å². The lowest BCUT2D eigenvalue weighted by atomic mass is 9.98. The number of Topliss-reactive ketones (excluding diaryl/α,β-unsaturated/α-hetero) is 1. The molecule has 0 saturated heterocycles. The van der Waals surface area contributed by atoms with E-state index in [0.717, 1.165) is 0 Å². The number of benzene rings is 1. The molecule has 0 spiro atoms. The molecule has 1 heterocycles. The Morgan fingerprint density at radius 1 is 0.879 bits per heavy atom. The third-order valence-electron chi connectivity index (χ3n) is 4.33. The quantitative estimate of drug-likeness (QED) is 0.369. The summed E-state index contributed by atoms with van der Waals surface area (Å²) in [7, 11) is 0. The first-order valence-corrected chi connectivity index (χ1v) is 9.77. The molecule has 10 nitrogen and oxygen atoms in total. The van der Waals surface area contributed by atoms with E-state index in [1.807, 2.05) is 0 Å². The number of carbonyl (C=O) groups excluding carboxylic acids is 5. The number of rotatable bonds is 5. The maximum Gasteiger partial charge on any atom is 0.308 e. The van der Waals surface area contributed by atoms with Gasteiger partial charge in [0.2, 0.25) is 11.9 Å². The summed E-state index contributed by atoms with van der Waals surface area (Å²) in [5, 5.41) is 0. The van der Waals surface area contributed by atoms with Crippen molar-refractivity contribution in [2.24, 2.45) is 0 Å². The molecule has 172 valence electrons. The van der Waals surface area contributed by atoms with Gasteiger partial charge < -0.3 is 23.7 Å². The van der Waals surface area contributed by atoms with Gasteiger partial charge in [0.15, 0.2) is 29.1 Å². The number of allylic oxidation sites excluding steroid dienone is 2. The molecule has 10 heteroatoms. The SMILES string of the molecule is CC(=O)Oc1ccc(C=C2OC3=C(C=CC(OC(C)=O)C3OC(C)=O)C2=O)cc1OC(C)=O. The molecule has 1 aromatic rings. The van der Waals surface area contributed by atoms with Crippen LogP contribution in [0, 0.1) is 0 Å². The van der Waals surface area contributed by atoms with E-state index in [0.29, 0.717) is 5.56 Å². The predicted molar refractivity (Wildman–Crippen MR) is 110 cm³/mol. The highest BCUT2D eigenvalue weighted by molar-refractivity contribution is 6.14. The van der Waals surface area contributed by atoms with Gasteiger partial charge in [-0.1, -0.05) is 6.07 Å². The van der Waals surface area contributed by atoms with Crippen LogP contribution < -0.4 is 9.47 Å². The molecule has 1 aliphatic carbocycles. The van der Waals surface area contributed by atoms with Crippen molar-refractivity contribution in [1.29, 1.82) is 0 Å². The fraction of sp³-hybridized carbons (Fsp3) is 0.261. The normalized spacial score (nSPS) is 20.1. The van der Waals surface area contributed by atoms with Gasteiger partial charge >= 0.3 is 23.9 Å². The molecule has 2 aliphatic rings. The zero-order valence-corrected chi connectivity index (χ0v) is 18.2. The summed E-state index contributed by atoms with van der Waals surface area (Å²) in [5.74, 6) is -3.04. The molecule has 1 aliphatic heterocycles. The van der Waals surface area contributed by atoms with Crippen LogP contribution in [0.25, 0.3) is 6.08 Å². The van der Waals surface area contributed by atoms with E-state index in [2.05, 4.69) is 0 Å². The highest BCUT2D eigenvalue weighted by Gasteiger charge is 2.42. The molecule has 0 saturated carbocycles. The van der Waals surface area contributed by atoms with Crippen molar-refractivity contribution in [2.75, 3.05) is 0 Å². The Morgan fingerprint density at radius 3 is 2.12 bits per heavy atom. The Labute approximate surface area is 188 Å². The van der Waals surface area contributed by atoms with Crippen LogP contribution in [0.15, 0.2) is 47.4 Å². The summed E-state index contributed by atoms with van der Waals surface area (Å²) in [6, 6.07) is 4.31. The predicted octanol–water partition coefficient (Wildman–Crippen LogP) is 2.16. The smallest absolute Gasteiger partial charge is 0.308 e. The van der Waals surface area contributed by atoms with E-state index in [1.165, 1.54) is 64.1 Å². The fourth-order valence-corrected chi connectivity index (χ4v) is 3.20. The topological polar surface area (TPSA) is 132 Å². The Kier molecular flexibility index (Phi) is 6.76. The monoisotopic (exact) mass is 456 g/mol. The summed E-state index contributed by atoms with van der Waals surface area (Å²) in [6.45, 7) is 4.77. The lowest BCUT2D eigenvalue weighted by Gasteiger charge is -2.26. The van der Waals surface area contributed by atoms with Crippen molar-refractivity contribution in [2.45, 2.75) is 39.9 Å². The molecule has 0 bridgehead atoms. The molecule has 3 rings (SSSR count). The minimum Gasteiger partial charge on any atom is -0.454 e. The molecule has 2 unspecified atom stereocenters. The van der Waals surface area contributed by atoms with Crippen molar-refractivity contribution in [3.8, 4) is 11.5 Å². The number of hydrogen-bond donors (Lipinski definition) is 0. The van der Waals surface area contributed by atoms with Crippen LogP contribution in [0.5, 0.6) is 11.5 Å². The Hall–Kier alpha value is -4.21. The standard InChI is InChI=1S/C23H20O10/c1-11(24)29-17-7-5-15(9-19(17)31-13(3)26)10-20-21(28)16-6-8-18(30-12(2)25)23(22(16)33-20)32-14(4)27/h5-10,18,23H,1-4H3. The summed E-state index contributed by atoms with van der Waals surface area (Å²) in [5.41, 5.74) is 0.544. The second kappa shape index (κ2) is 9.51. The van der Waals surface area contributed by atoms with Crippen LogP contribution in [-0.4, -0.2) is 41.9 Å². The minimum absolute atomic E-state index is 0.0252. The van der Waals surface area contributed by atoms with Gasteiger partial charge in [-0.25, -0.2) is 0 Å². The Balaban J connectivity index is 1.93. The average molecular weight is 456 g/mol. The highest BCUT2D eigenvalue weighted by Crippen LogP contribution is 2.37. The average Bonchev–Trinajstić information content (AvgIpc) is 3.00. The van der Waals surface area contributed by atoms with Crippen LogP contribution in [-0.2, 0) is 38.2 Å². The zero-order chi connectivity index (χ0) is 24.3. The largest absolute Gasteiger partial charge is 0.454 e. The first kappa shape index (κ1) is 23.5. The van der Waals surface area contributed by atoms with E-state index in [1.54, 1.807) is 0 Å². The number of hydrogen-bond acceptors (Lipinski definition) is 10. The molecular formula is C23H20O10. The fourth-order valence-electron chi connectivity index (χ4n) is 3.20. The first-order valence-electron chi connectivity index (χ1n) is 9.77. The van der Waals surface area contributed by atoms with Crippen molar-refractivity contribution < 1.29 is 47.7 Å². The van der Waals surface area contributed by atoms with Gasteiger partial charge in [-0.15, -0.1) is 0 Å². The number of carbonyl (C=O) groups is 5. The summed E-state index contributed by atoms with van der Waals surface area (Å²) in [6.07, 6.45) is 2.15. The van der Waals surface area contributed by atoms with Crippen molar-refractivity contribution in [1.82, 2.24) is 0 Å². The summed E-state index contributed by atoms with van der Waals surface area (Å²) >= 11 is 0. The second-order valence-corrected chi connectivity index (χ2v) is 7.07. The third-order valence-corrected chi connectivity index (χ3v) is 4.33. The highest BCUT2D eigenvalue weighted by atomic mass is 16.6. The van der Waals surface area contributed by atoms with Crippen LogP contribution in [0.3, 0.4) is 0 Å². The van der Waals surface area contributed by atoms with Gasteiger partial charge in [0, 0.05) is 27.7 Å². The summed E-state index contributed by atoms with van der Waals surface area (Å²) < 4.78 is 26.2. The summed E-state index contributed by atoms with van der Waals surface area (Å²) in [4.78, 5) is 58.6. The minimum atomic E-state index is -1.14. The van der Waals surface area contributed by atoms with Gasteiger partial charge in [-0.3, -0.25) is 24.0 Å². The first-order chi connectivity index (χ1) is 15.5. The Morgan fingerprint density at radius 2 is 1.52 bits per heavy atom. The molecule has 0 fully saturated rings. The number of ether oxygens (including phenoxy) is 5. The molecule has 33 heavy (non-hydrogen) atoms. The van der Waals surface area contributed by atoms with Crippen LogP contribution in [0.2, 0.25) is 0 Å². The molecule has 2 atom stereocenters. The van der Waals surface area contributed by atoms with E-state index >= 15 is 0 Å². The molecule has 0 N–H and O–H groups in total. The van der Waals surface area contributed by atoms with Crippen molar-refractivity contribution in [3.05, 3.63) is 53.0 Å². The maximum absolute atomic E-state index is 12.9. The molecule has 0 amide bonds. The zero-order valence-electron chi connectivity index (χ0n) is 18.2.